The van der Waals surface area contributed by atoms with Crippen molar-refractivity contribution in [3.05, 3.63) is 0 Å². The number of hydrogen-bond donors (Lipinski definition) is 1. The molecule has 1 aliphatic carbocycles. The second-order valence-electron chi connectivity index (χ2n) is 7.74. The van der Waals surface area contributed by atoms with Crippen molar-refractivity contribution in [1.29, 1.82) is 0 Å². The molecular weight excluding hydrogens is 256 g/mol. The van der Waals surface area contributed by atoms with Gasteiger partial charge in [-0.3, -0.25) is 4.90 Å². The molecule has 2 N–H and O–H groups in total. The molecule has 0 saturated heterocycles. The highest BCUT2D eigenvalue weighted by atomic mass is 15.2. The fourth-order valence-corrected chi connectivity index (χ4v) is 4.45. The van der Waals surface area contributed by atoms with Gasteiger partial charge >= 0.3 is 0 Å². The minimum absolute atomic E-state index is 0.287. The van der Waals surface area contributed by atoms with Gasteiger partial charge in [0.25, 0.3) is 0 Å². The van der Waals surface area contributed by atoms with Crippen molar-refractivity contribution in [2.45, 2.75) is 85.1 Å². The van der Waals surface area contributed by atoms with E-state index in [0.717, 1.165) is 30.8 Å². The molecule has 0 aromatic rings. The SMILES string of the molecule is CCC(CC)CN(CC)C1(CN)CCCC(CC(C)C)C1. The maximum absolute atomic E-state index is 6.32. The molecule has 2 unspecified atom stereocenters. The van der Waals surface area contributed by atoms with Crippen molar-refractivity contribution in [3.63, 3.8) is 0 Å². The van der Waals surface area contributed by atoms with Crippen LogP contribution in [-0.4, -0.2) is 30.1 Å². The quantitative estimate of drug-likeness (QED) is 0.669. The van der Waals surface area contributed by atoms with Crippen LogP contribution in [0.2, 0.25) is 0 Å². The van der Waals surface area contributed by atoms with Gasteiger partial charge in [0.05, 0.1) is 0 Å². The molecule has 2 heteroatoms. The Morgan fingerprint density at radius 1 is 1.19 bits per heavy atom. The van der Waals surface area contributed by atoms with Crippen LogP contribution in [0.4, 0.5) is 0 Å². The lowest BCUT2D eigenvalue weighted by atomic mass is 9.72. The van der Waals surface area contributed by atoms with E-state index in [4.69, 9.17) is 5.73 Å². The smallest absolute Gasteiger partial charge is 0.0334 e. The molecule has 0 aliphatic heterocycles. The summed E-state index contributed by atoms with van der Waals surface area (Å²) in [5.41, 5.74) is 6.61. The summed E-state index contributed by atoms with van der Waals surface area (Å²) in [5.74, 6) is 2.54. The van der Waals surface area contributed by atoms with Crippen molar-refractivity contribution < 1.29 is 0 Å². The number of likely N-dealkylation sites (N-methyl/N-ethyl adjacent to an activating group) is 1. The van der Waals surface area contributed by atoms with Crippen LogP contribution in [0.3, 0.4) is 0 Å². The van der Waals surface area contributed by atoms with E-state index in [9.17, 15) is 0 Å². The second kappa shape index (κ2) is 9.15. The van der Waals surface area contributed by atoms with Crippen LogP contribution in [0.5, 0.6) is 0 Å². The monoisotopic (exact) mass is 296 g/mol. The Morgan fingerprint density at radius 2 is 1.86 bits per heavy atom. The van der Waals surface area contributed by atoms with Crippen molar-refractivity contribution in [2.75, 3.05) is 19.6 Å². The Balaban J connectivity index is 2.79. The van der Waals surface area contributed by atoms with Crippen molar-refractivity contribution in [3.8, 4) is 0 Å². The summed E-state index contributed by atoms with van der Waals surface area (Å²) >= 11 is 0. The molecule has 0 bridgehead atoms. The van der Waals surface area contributed by atoms with Crippen LogP contribution in [0.15, 0.2) is 0 Å². The van der Waals surface area contributed by atoms with E-state index < -0.39 is 0 Å². The maximum atomic E-state index is 6.32. The van der Waals surface area contributed by atoms with Crippen LogP contribution in [0.1, 0.15) is 79.6 Å². The van der Waals surface area contributed by atoms with E-state index >= 15 is 0 Å². The van der Waals surface area contributed by atoms with E-state index in [-0.39, 0.29) is 5.54 Å². The highest BCUT2D eigenvalue weighted by Gasteiger charge is 2.39. The summed E-state index contributed by atoms with van der Waals surface area (Å²) in [6.45, 7) is 15.0. The van der Waals surface area contributed by atoms with E-state index in [0.29, 0.717) is 0 Å². The van der Waals surface area contributed by atoms with Gasteiger partial charge in [-0.1, -0.05) is 60.3 Å². The fourth-order valence-electron chi connectivity index (χ4n) is 4.45. The average molecular weight is 297 g/mol. The Kier molecular flexibility index (Phi) is 8.26. The average Bonchev–Trinajstić information content (AvgIpc) is 2.48. The molecule has 0 aromatic carbocycles. The van der Waals surface area contributed by atoms with E-state index in [1.54, 1.807) is 0 Å². The molecule has 1 aliphatic rings. The van der Waals surface area contributed by atoms with E-state index in [1.165, 1.54) is 51.5 Å². The largest absolute Gasteiger partial charge is 0.329 e. The molecule has 0 radical (unpaired) electrons. The molecule has 1 saturated carbocycles. The van der Waals surface area contributed by atoms with Gasteiger partial charge in [-0.2, -0.15) is 0 Å². The Labute approximate surface area is 133 Å². The summed E-state index contributed by atoms with van der Waals surface area (Å²) in [5, 5.41) is 0. The first-order valence-electron chi connectivity index (χ1n) is 9.46. The van der Waals surface area contributed by atoms with Gasteiger partial charge in [0, 0.05) is 18.6 Å². The third-order valence-electron chi connectivity index (χ3n) is 5.79. The molecule has 0 heterocycles. The highest BCUT2D eigenvalue weighted by Crippen LogP contribution is 2.39. The van der Waals surface area contributed by atoms with Gasteiger partial charge < -0.3 is 5.73 Å². The minimum Gasteiger partial charge on any atom is -0.329 e. The maximum Gasteiger partial charge on any atom is 0.0334 e. The normalized spacial score (nSPS) is 27.0. The first kappa shape index (κ1) is 19.0. The van der Waals surface area contributed by atoms with Crippen LogP contribution in [0, 0.1) is 17.8 Å². The molecule has 0 spiro atoms. The zero-order valence-electron chi connectivity index (χ0n) is 15.3. The summed E-state index contributed by atoms with van der Waals surface area (Å²) < 4.78 is 0. The van der Waals surface area contributed by atoms with Gasteiger partial charge in [0.15, 0.2) is 0 Å². The highest BCUT2D eigenvalue weighted by molar-refractivity contribution is 4.97. The van der Waals surface area contributed by atoms with Gasteiger partial charge in [-0.15, -0.1) is 0 Å². The van der Waals surface area contributed by atoms with Gasteiger partial charge in [-0.05, 0) is 43.6 Å². The molecule has 1 rings (SSSR count). The predicted octanol–water partition coefficient (Wildman–Crippen LogP) is 4.68. The second-order valence-corrected chi connectivity index (χ2v) is 7.74. The lowest BCUT2D eigenvalue weighted by molar-refractivity contribution is 0.0226. The lowest BCUT2D eigenvalue weighted by Crippen LogP contribution is -2.57. The lowest BCUT2D eigenvalue weighted by Gasteiger charge is -2.49. The Hall–Kier alpha value is -0.0800. The summed E-state index contributed by atoms with van der Waals surface area (Å²) in [7, 11) is 0. The Bertz CT molecular complexity index is 273. The third-order valence-corrected chi connectivity index (χ3v) is 5.79. The van der Waals surface area contributed by atoms with E-state index in [2.05, 4.69) is 39.5 Å². The zero-order chi connectivity index (χ0) is 15.9. The Morgan fingerprint density at radius 3 is 2.33 bits per heavy atom. The fraction of sp³-hybridized carbons (Fsp3) is 1.00. The molecule has 2 nitrogen and oxygen atoms in total. The first-order valence-corrected chi connectivity index (χ1v) is 9.46. The number of hydrogen-bond acceptors (Lipinski definition) is 2. The zero-order valence-corrected chi connectivity index (χ0v) is 15.3. The predicted molar refractivity (Wildman–Crippen MR) is 94.5 cm³/mol. The molecule has 0 aromatic heterocycles. The number of nitrogens with zero attached hydrogens (tertiary/aromatic N) is 1. The topological polar surface area (TPSA) is 29.3 Å². The minimum atomic E-state index is 0.287. The molecule has 126 valence electrons. The molecular formula is C19H40N2. The summed E-state index contributed by atoms with van der Waals surface area (Å²) in [6, 6.07) is 0. The molecule has 21 heavy (non-hydrogen) atoms. The van der Waals surface area contributed by atoms with Crippen LogP contribution in [-0.2, 0) is 0 Å². The summed E-state index contributed by atoms with van der Waals surface area (Å²) in [4.78, 5) is 2.75. The van der Waals surface area contributed by atoms with Crippen LogP contribution >= 0.6 is 0 Å². The number of rotatable bonds is 9. The van der Waals surface area contributed by atoms with Crippen molar-refractivity contribution in [1.82, 2.24) is 4.90 Å². The van der Waals surface area contributed by atoms with Crippen LogP contribution < -0.4 is 5.73 Å². The summed E-state index contributed by atoms with van der Waals surface area (Å²) in [6.07, 6.45) is 9.40. The van der Waals surface area contributed by atoms with Crippen LogP contribution in [0.25, 0.3) is 0 Å². The van der Waals surface area contributed by atoms with Gasteiger partial charge in [-0.25, -0.2) is 0 Å². The van der Waals surface area contributed by atoms with E-state index in [1.807, 2.05) is 0 Å². The first-order chi connectivity index (χ1) is 10.0. The molecule has 0 amide bonds. The van der Waals surface area contributed by atoms with Gasteiger partial charge in [0.1, 0.15) is 0 Å². The standard InChI is InChI=1S/C19H40N2/c1-6-17(7-2)14-21(8-3)19(15-20)11-9-10-18(13-19)12-16(4)5/h16-18H,6-15,20H2,1-5H3. The van der Waals surface area contributed by atoms with Crippen molar-refractivity contribution >= 4 is 0 Å². The number of nitrogens with two attached hydrogens (primary N) is 1. The van der Waals surface area contributed by atoms with Gasteiger partial charge in [0.2, 0.25) is 0 Å². The van der Waals surface area contributed by atoms with Crippen molar-refractivity contribution in [2.24, 2.45) is 23.5 Å². The molecule has 1 fully saturated rings. The molecule has 2 atom stereocenters. The third kappa shape index (κ3) is 5.25.